The maximum Gasteiger partial charge on any atom is 0.254 e. The zero-order chi connectivity index (χ0) is 21.3. The Hall–Kier alpha value is -4.00. The number of halogens is 1. The summed E-state index contributed by atoms with van der Waals surface area (Å²) >= 11 is 0. The number of amides is 2. The second-order valence-corrected chi connectivity index (χ2v) is 7.02. The number of hydrogen-bond donors (Lipinski definition) is 3. The Bertz CT molecular complexity index is 1310. The number of carbonyl (C=O) groups excluding carboxylic acids is 2. The van der Waals surface area contributed by atoms with Crippen molar-refractivity contribution in [3.63, 3.8) is 0 Å². The van der Waals surface area contributed by atoms with E-state index < -0.39 is 23.7 Å². The molecule has 1 atom stereocenters. The first-order chi connectivity index (χ1) is 14.4. The van der Waals surface area contributed by atoms with Gasteiger partial charge in [-0.2, -0.15) is 5.10 Å². The summed E-state index contributed by atoms with van der Waals surface area (Å²) < 4.78 is 14.4. The van der Waals surface area contributed by atoms with Crippen molar-refractivity contribution in [3.8, 4) is 0 Å². The Morgan fingerprint density at radius 1 is 1.10 bits per heavy atom. The molecule has 4 aromatic rings. The Kier molecular flexibility index (Phi) is 5.02. The van der Waals surface area contributed by atoms with Crippen LogP contribution in [0.3, 0.4) is 0 Å². The first-order valence-electron chi connectivity index (χ1n) is 9.37. The van der Waals surface area contributed by atoms with Crippen LogP contribution in [0.1, 0.15) is 28.5 Å². The van der Waals surface area contributed by atoms with Gasteiger partial charge in [0.25, 0.3) is 5.91 Å². The zero-order valence-electron chi connectivity index (χ0n) is 16.1. The molecule has 0 aliphatic carbocycles. The van der Waals surface area contributed by atoms with E-state index in [1.54, 1.807) is 6.08 Å². The Balaban J connectivity index is 1.66. The van der Waals surface area contributed by atoms with Crippen molar-refractivity contribution in [3.05, 3.63) is 77.2 Å². The van der Waals surface area contributed by atoms with Gasteiger partial charge in [-0.25, -0.2) is 4.39 Å². The van der Waals surface area contributed by atoms with Crippen LogP contribution in [-0.4, -0.2) is 28.1 Å². The molecule has 6 nitrogen and oxygen atoms in total. The number of nitrogens with one attached hydrogen (secondary N) is 2. The molecule has 2 amide bonds. The molecule has 7 heteroatoms. The van der Waals surface area contributed by atoms with Crippen LogP contribution in [0.4, 0.5) is 4.39 Å². The van der Waals surface area contributed by atoms with E-state index in [0.717, 1.165) is 16.3 Å². The molecule has 150 valence electrons. The van der Waals surface area contributed by atoms with E-state index >= 15 is 0 Å². The number of fused-ring (bicyclic) bond motifs is 2. The smallest absolute Gasteiger partial charge is 0.254 e. The van der Waals surface area contributed by atoms with Crippen LogP contribution < -0.4 is 11.1 Å². The van der Waals surface area contributed by atoms with E-state index in [9.17, 15) is 14.0 Å². The molecule has 0 saturated carbocycles. The molecule has 4 N–H and O–H groups in total. The number of aromatic nitrogens is 2. The number of benzene rings is 3. The first kappa shape index (κ1) is 19.3. The SMILES string of the molecule is C[C@H](NC(=O)c1cc2c(C=Cc3ccc4ccccc4c3)n[nH]c2cc1F)C(N)=O. The number of carbonyl (C=O) groups is 2. The van der Waals surface area contributed by atoms with Crippen LogP contribution in [0, 0.1) is 5.82 Å². The summed E-state index contributed by atoms with van der Waals surface area (Å²) in [5.41, 5.74) is 6.99. The summed E-state index contributed by atoms with van der Waals surface area (Å²) in [6.45, 7) is 1.44. The minimum absolute atomic E-state index is 0.183. The number of nitrogens with two attached hydrogens (primary N) is 1. The second-order valence-electron chi connectivity index (χ2n) is 7.02. The van der Waals surface area contributed by atoms with Gasteiger partial charge >= 0.3 is 0 Å². The third kappa shape index (κ3) is 3.77. The number of H-pyrrole nitrogens is 1. The van der Waals surface area contributed by atoms with E-state index in [2.05, 4.69) is 21.6 Å². The first-order valence-corrected chi connectivity index (χ1v) is 9.37. The fourth-order valence-electron chi connectivity index (χ4n) is 3.19. The number of primary amides is 1. The van der Waals surface area contributed by atoms with Gasteiger partial charge in [-0.3, -0.25) is 14.7 Å². The lowest BCUT2D eigenvalue weighted by atomic mass is 10.1. The lowest BCUT2D eigenvalue weighted by Crippen LogP contribution is -2.42. The van der Waals surface area contributed by atoms with Crippen LogP contribution in [0.25, 0.3) is 33.8 Å². The highest BCUT2D eigenvalue weighted by molar-refractivity contribution is 6.02. The van der Waals surface area contributed by atoms with Crippen molar-refractivity contribution in [1.29, 1.82) is 0 Å². The highest BCUT2D eigenvalue weighted by atomic mass is 19.1. The minimum atomic E-state index is -0.913. The molecule has 1 heterocycles. The summed E-state index contributed by atoms with van der Waals surface area (Å²) in [5.74, 6) is -2.14. The number of nitrogens with zero attached hydrogens (tertiary/aromatic N) is 1. The van der Waals surface area contributed by atoms with Crippen LogP contribution >= 0.6 is 0 Å². The molecule has 0 fully saturated rings. The molecular formula is C23H19FN4O2. The fraction of sp³-hybridized carbons (Fsp3) is 0.0870. The highest BCUT2D eigenvalue weighted by Gasteiger charge is 2.19. The monoisotopic (exact) mass is 402 g/mol. The average molecular weight is 402 g/mol. The predicted octanol–water partition coefficient (Wildman–Crippen LogP) is 3.63. The molecule has 0 radical (unpaired) electrons. The quantitative estimate of drug-likeness (QED) is 0.475. The van der Waals surface area contributed by atoms with Gasteiger partial charge in [-0.05, 0) is 41.5 Å². The summed E-state index contributed by atoms with van der Waals surface area (Å²) in [4.78, 5) is 23.5. The number of aromatic amines is 1. The fourth-order valence-corrected chi connectivity index (χ4v) is 3.19. The molecule has 0 spiro atoms. The van der Waals surface area contributed by atoms with E-state index in [-0.39, 0.29) is 5.56 Å². The molecular weight excluding hydrogens is 383 g/mol. The van der Waals surface area contributed by atoms with Crippen LogP contribution in [0.5, 0.6) is 0 Å². The van der Waals surface area contributed by atoms with Gasteiger partial charge in [0.1, 0.15) is 11.9 Å². The largest absolute Gasteiger partial charge is 0.368 e. The van der Waals surface area contributed by atoms with Gasteiger partial charge in [0.05, 0.1) is 16.8 Å². The van der Waals surface area contributed by atoms with Gasteiger partial charge in [-0.1, -0.05) is 42.5 Å². The third-order valence-corrected chi connectivity index (χ3v) is 4.91. The summed E-state index contributed by atoms with van der Waals surface area (Å²) in [6.07, 6.45) is 3.70. The normalized spacial score (nSPS) is 12.5. The predicted molar refractivity (Wildman–Crippen MR) is 115 cm³/mol. The minimum Gasteiger partial charge on any atom is -0.368 e. The molecule has 1 aromatic heterocycles. The van der Waals surface area contributed by atoms with Gasteiger partial charge < -0.3 is 11.1 Å². The Labute approximate surface area is 171 Å². The van der Waals surface area contributed by atoms with E-state index in [1.807, 2.05) is 42.5 Å². The molecule has 0 unspecified atom stereocenters. The maximum atomic E-state index is 14.4. The van der Waals surface area contributed by atoms with E-state index in [0.29, 0.717) is 16.6 Å². The summed E-state index contributed by atoms with van der Waals surface area (Å²) in [5, 5.41) is 12.2. The van der Waals surface area contributed by atoms with E-state index in [4.69, 9.17) is 5.73 Å². The highest BCUT2D eigenvalue weighted by Crippen LogP contribution is 2.23. The van der Waals surface area contributed by atoms with Crippen molar-refractivity contribution in [2.75, 3.05) is 0 Å². The summed E-state index contributed by atoms with van der Waals surface area (Å²) in [6, 6.07) is 15.9. The number of hydrogen-bond acceptors (Lipinski definition) is 3. The van der Waals surface area contributed by atoms with Crippen molar-refractivity contribution in [2.24, 2.45) is 5.73 Å². The summed E-state index contributed by atoms with van der Waals surface area (Å²) in [7, 11) is 0. The number of rotatable bonds is 5. The van der Waals surface area contributed by atoms with Crippen LogP contribution in [0.15, 0.2) is 54.6 Å². The molecule has 0 aliphatic heterocycles. The van der Waals surface area contributed by atoms with Crippen molar-refractivity contribution in [1.82, 2.24) is 15.5 Å². The molecule has 0 saturated heterocycles. The zero-order valence-corrected chi connectivity index (χ0v) is 16.1. The molecule has 0 bridgehead atoms. The molecule has 3 aromatic carbocycles. The Morgan fingerprint density at radius 2 is 1.87 bits per heavy atom. The maximum absolute atomic E-state index is 14.4. The van der Waals surface area contributed by atoms with Crippen LogP contribution in [0.2, 0.25) is 0 Å². The van der Waals surface area contributed by atoms with Crippen molar-refractivity contribution < 1.29 is 14.0 Å². The lowest BCUT2D eigenvalue weighted by Gasteiger charge is -2.10. The molecule has 4 rings (SSSR count). The van der Waals surface area contributed by atoms with E-state index in [1.165, 1.54) is 19.1 Å². The van der Waals surface area contributed by atoms with Gasteiger partial charge in [0, 0.05) is 11.5 Å². The van der Waals surface area contributed by atoms with Crippen molar-refractivity contribution >= 4 is 45.6 Å². The molecule has 0 aliphatic rings. The van der Waals surface area contributed by atoms with Crippen molar-refractivity contribution in [2.45, 2.75) is 13.0 Å². The average Bonchev–Trinajstić information content (AvgIpc) is 3.12. The van der Waals surface area contributed by atoms with Gasteiger partial charge in [-0.15, -0.1) is 0 Å². The topological polar surface area (TPSA) is 101 Å². The van der Waals surface area contributed by atoms with Crippen LogP contribution in [-0.2, 0) is 4.79 Å². The van der Waals surface area contributed by atoms with Gasteiger partial charge in [0.15, 0.2) is 0 Å². The van der Waals surface area contributed by atoms with Gasteiger partial charge in [0.2, 0.25) is 5.91 Å². The standard InChI is InChI=1S/C23H19FN4O2/c1-13(22(25)29)26-23(30)17-11-18-20(27-28-21(18)12-19(17)24)9-7-14-6-8-15-4-2-3-5-16(15)10-14/h2-13H,1H3,(H2,25,29)(H,26,30)(H,27,28)/t13-/m0/s1. The third-order valence-electron chi connectivity index (χ3n) is 4.91. The Morgan fingerprint density at radius 3 is 2.63 bits per heavy atom. The molecule has 30 heavy (non-hydrogen) atoms. The lowest BCUT2D eigenvalue weighted by molar-refractivity contribution is -0.119. The second kappa shape index (κ2) is 7.79.